The first kappa shape index (κ1) is 31.0. The topological polar surface area (TPSA) is 129 Å². The molecule has 0 atom stereocenters. The van der Waals surface area contributed by atoms with Gasteiger partial charge in [-0.3, -0.25) is 4.79 Å². The van der Waals surface area contributed by atoms with E-state index in [1.165, 1.54) is 83.5 Å². The fourth-order valence-corrected chi connectivity index (χ4v) is 2.71. The highest BCUT2D eigenvalue weighted by Crippen LogP contribution is 2.13. The molecule has 0 aliphatic carbocycles. The van der Waals surface area contributed by atoms with E-state index in [-0.39, 0.29) is 18.7 Å². The molecule has 0 spiro atoms. The smallest absolute Gasteiger partial charge is 0.303 e. The summed E-state index contributed by atoms with van der Waals surface area (Å²) in [7, 11) is 0. The Morgan fingerprint density at radius 1 is 0.667 bits per heavy atom. The Labute approximate surface area is 166 Å². The summed E-state index contributed by atoms with van der Waals surface area (Å²) >= 11 is 0. The van der Waals surface area contributed by atoms with Crippen LogP contribution in [0.1, 0.15) is 110 Å². The molecule has 6 heteroatoms. The van der Waals surface area contributed by atoms with Crippen molar-refractivity contribution in [3.63, 3.8) is 0 Å². The second-order valence-corrected chi connectivity index (χ2v) is 7.11. The highest BCUT2D eigenvalue weighted by molar-refractivity contribution is 5.66. The molecule has 0 radical (unpaired) electrons. The van der Waals surface area contributed by atoms with Crippen LogP contribution in [-0.4, -0.2) is 51.2 Å². The highest BCUT2D eigenvalue weighted by atomic mass is 16.4. The molecular formula is C21H46O6. The van der Waals surface area contributed by atoms with Crippen LogP contribution in [0.3, 0.4) is 0 Å². The molecule has 0 aliphatic heterocycles. The van der Waals surface area contributed by atoms with E-state index in [9.17, 15) is 4.79 Å². The maximum Gasteiger partial charge on any atom is 0.303 e. The molecular weight excluding hydrogens is 348 g/mol. The largest absolute Gasteiger partial charge is 0.481 e. The van der Waals surface area contributed by atoms with Crippen LogP contribution in [0.25, 0.3) is 0 Å². The molecule has 0 heterocycles. The van der Waals surface area contributed by atoms with Crippen LogP contribution in [-0.2, 0) is 4.79 Å². The normalized spacial score (nSPS) is 10.3. The Balaban J connectivity index is -0.000000709. The summed E-state index contributed by atoms with van der Waals surface area (Å²) in [6.45, 7) is 1.54. The molecule has 0 amide bonds. The number of unbranched alkanes of at least 4 members (excludes halogenated alkanes) is 14. The molecule has 0 aromatic carbocycles. The lowest BCUT2D eigenvalue weighted by molar-refractivity contribution is -0.137. The minimum atomic E-state index is -0.954. The van der Waals surface area contributed by atoms with Gasteiger partial charge in [0.05, 0.1) is 13.2 Å². The summed E-state index contributed by atoms with van der Waals surface area (Å²) in [5, 5.41) is 32.5. The van der Waals surface area contributed by atoms with E-state index in [0.717, 1.165) is 12.8 Å². The third-order valence-electron chi connectivity index (χ3n) is 4.42. The molecule has 27 heavy (non-hydrogen) atoms. The zero-order valence-electron chi connectivity index (χ0n) is 17.5. The van der Waals surface area contributed by atoms with Gasteiger partial charge in [-0.25, -0.2) is 0 Å². The maximum atomic E-state index is 10.3. The lowest BCUT2D eigenvalue weighted by Crippen LogP contribution is -2.15. The van der Waals surface area contributed by atoms with Crippen LogP contribution in [0.2, 0.25) is 0 Å². The average Bonchev–Trinajstić information content (AvgIpc) is 2.64. The molecule has 6 N–H and O–H groups in total. The van der Waals surface area contributed by atoms with Gasteiger partial charge in [-0.2, -0.15) is 0 Å². The number of aliphatic hydroxyl groups excluding tert-OH is 3. The molecule has 0 bridgehead atoms. The minimum absolute atomic E-state index is 0. The fraction of sp³-hybridized carbons (Fsp3) is 0.952. The van der Waals surface area contributed by atoms with Gasteiger partial charge in [-0.05, 0) is 6.42 Å². The van der Waals surface area contributed by atoms with Crippen molar-refractivity contribution in [3.8, 4) is 0 Å². The van der Waals surface area contributed by atoms with Crippen LogP contribution in [0.5, 0.6) is 0 Å². The van der Waals surface area contributed by atoms with Crippen LogP contribution in [0.15, 0.2) is 0 Å². The zero-order chi connectivity index (χ0) is 19.9. The Morgan fingerprint density at radius 2 is 0.963 bits per heavy atom. The molecule has 0 fully saturated rings. The van der Waals surface area contributed by atoms with Crippen molar-refractivity contribution >= 4 is 5.97 Å². The van der Waals surface area contributed by atoms with E-state index in [4.69, 9.17) is 20.4 Å². The van der Waals surface area contributed by atoms with Gasteiger partial charge < -0.3 is 25.9 Å². The van der Waals surface area contributed by atoms with Crippen LogP contribution < -0.4 is 0 Å². The van der Waals surface area contributed by atoms with Crippen molar-refractivity contribution in [1.29, 1.82) is 0 Å². The number of aliphatic hydroxyl groups is 3. The number of aliphatic carboxylic acids is 1. The Kier molecular flexibility index (Phi) is 31.6. The fourth-order valence-electron chi connectivity index (χ4n) is 2.71. The Hall–Kier alpha value is -0.690. The van der Waals surface area contributed by atoms with Crippen LogP contribution in [0.4, 0.5) is 0 Å². The third kappa shape index (κ3) is 33.3. The monoisotopic (exact) mass is 394 g/mol. The quantitative estimate of drug-likeness (QED) is 0.262. The van der Waals surface area contributed by atoms with Gasteiger partial charge in [-0.15, -0.1) is 0 Å². The molecule has 166 valence electrons. The summed E-state index contributed by atoms with van der Waals surface area (Å²) in [5.74, 6) is -0.653. The van der Waals surface area contributed by atoms with Gasteiger partial charge in [0, 0.05) is 6.42 Å². The van der Waals surface area contributed by atoms with Gasteiger partial charge >= 0.3 is 5.97 Å². The third-order valence-corrected chi connectivity index (χ3v) is 4.42. The van der Waals surface area contributed by atoms with Crippen molar-refractivity contribution in [3.05, 3.63) is 0 Å². The molecule has 0 aliphatic rings. The van der Waals surface area contributed by atoms with Crippen molar-refractivity contribution in [2.75, 3.05) is 13.2 Å². The van der Waals surface area contributed by atoms with E-state index in [0.29, 0.717) is 6.42 Å². The zero-order valence-corrected chi connectivity index (χ0v) is 17.5. The Morgan fingerprint density at radius 3 is 1.19 bits per heavy atom. The number of rotatable bonds is 18. The van der Waals surface area contributed by atoms with E-state index >= 15 is 0 Å². The van der Waals surface area contributed by atoms with E-state index < -0.39 is 12.1 Å². The SMILES string of the molecule is CCCCCCCCCCCCCCCCCC(=O)O.O.OCC(O)CO. The Bertz CT molecular complexity index is 269. The summed E-state index contributed by atoms with van der Waals surface area (Å²) in [5.41, 5.74) is 0. The van der Waals surface area contributed by atoms with Crippen LogP contribution in [0, 0.1) is 0 Å². The lowest BCUT2D eigenvalue weighted by Gasteiger charge is -2.03. The second kappa shape index (κ2) is 27.5. The predicted octanol–water partition coefficient (Wildman–Crippen LogP) is 3.84. The summed E-state index contributed by atoms with van der Waals surface area (Å²) < 4.78 is 0. The first-order valence-electron chi connectivity index (χ1n) is 10.7. The van der Waals surface area contributed by atoms with Crippen molar-refractivity contribution < 1.29 is 30.7 Å². The minimum Gasteiger partial charge on any atom is -0.481 e. The average molecular weight is 395 g/mol. The maximum absolute atomic E-state index is 10.3. The van der Waals surface area contributed by atoms with Gasteiger partial charge in [0.1, 0.15) is 6.10 Å². The van der Waals surface area contributed by atoms with Crippen molar-refractivity contribution in [2.45, 2.75) is 116 Å². The highest BCUT2D eigenvalue weighted by Gasteiger charge is 1.97. The standard InChI is InChI=1S/C18H36O2.C3H8O3.H2O/c1-2-3-4-5-6-7-8-9-10-11-12-13-14-15-16-17-18(19)20;4-1-3(6)2-5;/h2-17H2,1H3,(H,19,20);3-6H,1-2H2;1H2. The number of hydrogen-bond donors (Lipinski definition) is 4. The molecule has 0 unspecified atom stereocenters. The van der Waals surface area contributed by atoms with E-state index in [2.05, 4.69) is 6.92 Å². The molecule has 0 saturated carbocycles. The van der Waals surface area contributed by atoms with E-state index in [1.54, 1.807) is 0 Å². The summed E-state index contributed by atoms with van der Waals surface area (Å²) in [4.78, 5) is 10.3. The molecule has 0 rings (SSSR count). The predicted molar refractivity (Wildman–Crippen MR) is 111 cm³/mol. The number of carboxylic acids is 1. The van der Waals surface area contributed by atoms with Crippen molar-refractivity contribution in [2.24, 2.45) is 0 Å². The van der Waals surface area contributed by atoms with Gasteiger partial charge in [0.2, 0.25) is 0 Å². The molecule has 0 aromatic rings. The first-order chi connectivity index (χ1) is 12.6. The second-order valence-electron chi connectivity index (χ2n) is 7.11. The number of carbonyl (C=O) groups is 1. The summed E-state index contributed by atoms with van der Waals surface area (Å²) in [6, 6.07) is 0. The lowest BCUT2D eigenvalue weighted by atomic mass is 10.0. The van der Waals surface area contributed by atoms with E-state index in [1.807, 2.05) is 0 Å². The first-order valence-corrected chi connectivity index (χ1v) is 10.7. The number of hydrogen-bond acceptors (Lipinski definition) is 4. The number of carboxylic acid groups (broad SMARTS) is 1. The summed E-state index contributed by atoms with van der Waals surface area (Å²) in [6.07, 6.45) is 19.2. The molecule has 0 saturated heterocycles. The van der Waals surface area contributed by atoms with Gasteiger partial charge in [0.25, 0.3) is 0 Å². The molecule has 0 aromatic heterocycles. The van der Waals surface area contributed by atoms with Crippen molar-refractivity contribution in [1.82, 2.24) is 0 Å². The van der Waals surface area contributed by atoms with Crippen LogP contribution >= 0.6 is 0 Å². The molecule has 6 nitrogen and oxygen atoms in total. The van der Waals surface area contributed by atoms with Gasteiger partial charge in [-0.1, -0.05) is 96.8 Å². The van der Waals surface area contributed by atoms with Gasteiger partial charge in [0.15, 0.2) is 0 Å².